The predicted octanol–water partition coefficient (Wildman–Crippen LogP) is 4.42. The summed E-state index contributed by atoms with van der Waals surface area (Å²) in [6, 6.07) is 9.81. The first-order valence-corrected chi connectivity index (χ1v) is 16.8. The third-order valence-electron chi connectivity index (χ3n) is 9.08. The largest absolute Gasteiger partial charge is 0.384 e. The SMILES string of the molecule is CC1(N)CCN(c2cnc(Sc3cccc(NCC4CCN(c5cc(C6CCC(=O)NC6=O)ccn5)CC4)c3Cl)c(N)n2)CC1. The summed E-state index contributed by atoms with van der Waals surface area (Å²) in [5.41, 5.74) is 14.3. The van der Waals surface area contributed by atoms with Gasteiger partial charge in [-0.05, 0) is 74.8 Å². The number of imide groups is 1. The van der Waals surface area contributed by atoms with Crippen molar-refractivity contribution in [1.82, 2.24) is 20.3 Å². The number of nitrogens with zero attached hydrogens (tertiary/aromatic N) is 5. The van der Waals surface area contributed by atoms with Gasteiger partial charge in [-0.1, -0.05) is 29.4 Å². The summed E-state index contributed by atoms with van der Waals surface area (Å²) in [4.78, 5) is 43.1. The zero-order valence-corrected chi connectivity index (χ0v) is 27.0. The predicted molar refractivity (Wildman–Crippen MR) is 179 cm³/mol. The number of rotatable bonds is 8. The highest BCUT2D eigenvalue weighted by Crippen LogP contribution is 2.39. The number of aromatic nitrogens is 3. The van der Waals surface area contributed by atoms with E-state index in [0.29, 0.717) is 34.6 Å². The zero-order chi connectivity index (χ0) is 31.6. The van der Waals surface area contributed by atoms with E-state index in [1.807, 2.05) is 30.3 Å². The first kappa shape index (κ1) is 31.4. The van der Waals surface area contributed by atoms with Gasteiger partial charge in [-0.3, -0.25) is 14.9 Å². The van der Waals surface area contributed by atoms with Crippen molar-refractivity contribution in [1.29, 1.82) is 0 Å². The lowest BCUT2D eigenvalue weighted by Gasteiger charge is -2.37. The number of nitrogens with one attached hydrogen (secondary N) is 2. The van der Waals surface area contributed by atoms with Gasteiger partial charge in [0.05, 0.1) is 22.8 Å². The topological polar surface area (TPSA) is 155 Å². The summed E-state index contributed by atoms with van der Waals surface area (Å²) in [7, 11) is 0. The summed E-state index contributed by atoms with van der Waals surface area (Å²) >= 11 is 8.27. The third kappa shape index (κ3) is 7.45. The number of carbonyl (C=O) groups is 2. The van der Waals surface area contributed by atoms with Crippen LogP contribution in [-0.2, 0) is 9.59 Å². The Labute approximate surface area is 272 Å². The molecule has 3 saturated heterocycles. The number of halogens is 1. The van der Waals surface area contributed by atoms with E-state index < -0.39 is 0 Å². The molecule has 238 valence electrons. The molecule has 1 atom stereocenters. The molecule has 3 aromatic rings. The van der Waals surface area contributed by atoms with Crippen LogP contribution in [0.15, 0.2) is 52.6 Å². The van der Waals surface area contributed by atoms with Gasteiger partial charge in [0, 0.05) is 55.8 Å². The maximum atomic E-state index is 12.4. The second-order valence-electron chi connectivity index (χ2n) is 12.5. The van der Waals surface area contributed by atoms with Crippen LogP contribution in [-0.4, -0.2) is 65.0 Å². The first-order valence-electron chi connectivity index (χ1n) is 15.6. The van der Waals surface area contributed by atoms with Crippen molar-refractivity contribution in [2.45, 2.75) is 66.8 Å². The van der Waals surface area contributed by atoms with Crippen molar-refractivity contribution in [3.63, 3.8) is 0 Å². The van der Waals surface area contributed by atoms with Gasteiger partial charge in [0.25, 0.3) is 0 Å². The molecule has 11 nitrogen and oxygen atoms in total. The number of carbonyl (C=O) groups excluding carboxylic acids is 2. The summed E-state index contributed by atoms with van der Waals surface area (Å²) in [6.45, 7) is 6.31. The molecule has 0 aliphatic carbocycles. The second-order valence-corrected chi connectivity index (χ2v) is 14.0. The monoisotopic (exact) mass is 649 g/mol. The van der Waals surface area contributed by atoms with Crippen molar-refractivity contribution in [3.8, 4) is 0 Å². The van der Waals surface area contributed by atoms with Gasteiger partial charge in [-0.25, -0.2) is 15.0 Å². The van der Waals surface area contributed by atoms with Crippen molar-refractivity contribution >= 4 is 58.3 Å². The molecule has 6 N–H and O–H groups in total. The van der Waals surface area contributed by atoms with Gasteiger partial charge in [0.1, 0.15) is 16.7 Å². The van der Waals surface area contributed by atoms with Crippen LogP contribution in [0.25, 0.3) is 0 Å². The molecular formula is C32H40ClN9O2S. The fourth-order valence-corrected chi connectivity index (χ4v) is 7.27. The molecule has 13 heteroatoms. The third-order valence-corrected chi connectivity index (χ3v) is 10.7. The quantitative estimate of drug-likeness (QED) is 0.256. The minimum absolute atomic E-state index is 0.135. The normalized spacial score (nSPS) is 20.6. The lowest BCUT2D eigenvalue weighted by atomic mass is 9.91. The van der Waals surface area contributed by atoms with Crippen molar-refractivity contribution in [3.05, 3.63) is 53.3 Å². The van der Waals surface area contributed by atoms with Gasteiger partial charge in [0.15, 0.2) is 5.82 Å². The molecule has 3 fully saturated rings. The van der Waals surface area contributed by atoms with E-state index in [1.165, 1.54) is 11.8 Å². The van der Waals surface area contributed by atoms with Gasteiger partial charge in [0.2, 0.25) is 11.8 Å². The molecule has 0 radical (unpaired) electrons. The molecular weight excluding hydrogens is 610 g/mol. The molecule has 0 saturated carbocycles. The highest BCUT2D eigenvalue weighted by Gasteiger charge is 2.29. The molecule has 0 spiro atoms. The van der Waals surface area contributed by atoms with E-state index in [1.54, 1.807) is 12.4 Å². The van der Waals surface area contributed by atoms with E-state index in [2.05, 4.69) is 42.3 Å². The Hall–Kier alpha value is -3.61. The molecule has 3 aliphatic rings. The maximum absolute atomic E-state index is 12.4. The Balaban J connectivity index is 1.02. The van der Waals surface area contributed by atoms with E-state index in [0.717, 1.165) is 86.2 Å². The highest BCUT2D eigenvalue weighted by atomic mass is 35.5. The van der Waals surface area contributed by atoms with Crippen molar-refractivity contribution in [2.75, 3.05) is 53.6 Å². The second kappa shape index (κ2) is 13.4. The summed E-state index contributed by atoms with van der Waals surface area (Å²) < 4.78 is 0. The number of amides is 2. The lowest BCUT2D eigenvalue weighted by Crippen LogP contribution is -2.48. The number of anilines is 4. The van der Waals surface area contributed by atoms with Gasteiger partial charge >= 0.3 is 0 Å². The molecule has 0 bridgehead atoms. The van der Waals surface area contributed by atoms with Crippen LogP contribution in [0.1, 0.15) is 56.9 Å². The number of piperidine rings is 3. The van der Waals surface area contributed by atoms with Crippen molar-refractivity contribution < 1.29 is 9.59 Å². The molecule has 6 rings (SSSR count). The number of pyridine rings is 1. The fourth-order valence-electron chi connectivity index (χ4n) is 6.15. The minimum Gasteiger partial charge on any atom is -0.384 e. The minimum atomic E-state index is -0.309. The van der Waals surface area contributed by atoms with Gasteiger partial charge in [-0.2, -0.15) is 0 Å². The molecule has 5 heterocycles. The van der Waals surface area contributed by atoms with E-state index in [-0.39, 0.29) is 23.3 Å². The molecule has 45 heavy (non-hydrogen) atoms. The summed E-state index contributed by atoms with van der Waals surface area (Å²) in [6.07, 6.45) is 8.24. The average molecular weight is 650 g/mol. The Morgan fingerprint density at radius 3 is 2.56 bits per heavy atom. The van der Waals surface area contributed by atoms with Crippen LogP contribution < -0.4 is 31.9 Å². The first-order chi connectivity index (χ1) is 21.6. The summed E-state index contributed by atoms with van der Waals surface area (Å²) in [5.74, 6) is 1.78. The fraction of sp³-hybridized carbons (Fsp3) is 0.469. The van der Waals surface area contributed by atoms with Crippen LogP contribution >= 0.6 is 23.4 Å². The standard InChI is InChI=1S/C32H40ClN9O2S/c1-32(35)10-15-42(16-11-32)26-19-38-31(29(34)39-26)45-24-4-2-3-23(28(24)33)37-18-20-8-13-41(14-9-20)25-17-21(7-12-36-25)22-5-6-27(43)40-30(22)44/h2-4,7,12,17,19-20,22,37H,5-6,8-11,13-16,18,35H2,1H3,(H2,34,39)(H,40,43,44). The summed E-state index contributed by atoms with van der Waals surface area (Å²) in [5, 5.41) is 7.28. The van der Waals surface area contributed by atoms with E-state index in [9.17, 15) is 9.59 Å². The zero-order valence-electron chi connectivity index (χ0n) is 25.5. The molecule has 3 aliphatic heterocycles. The number of nitrogen functional groups attached to an aromatic ring is 1. The van der Waals surface area contributed by atoms with E-state index in [4.69, 9.17) is 23.1 Å². The average Bonchev–Trinajstić information content (AvgIpc) is 3.03. The lowest BCUT2D eigenvalue weighted by molar-refractivity contribution is -0.134. The molecule has 2 aromatic heterocycles. The number of nitrogens with two attached hydrogens (primary N) is 2. The van der Waals surface area contributed by atoms with Crippen LogP contribution in [0.2, 0.25) is 5.02 Å². The number of benzene rings is 1. The van der Waals surface area contributed by atoms with Crippen molar-refractivity contribution in [2.24, 2.45) is 11.7 Å². The Morgan fingerprint density at radius 2 is 1.82 bits per heavy atom. The van der Waals surface area contributed by atoms with E-state index >= 15 is 0 Å². The smallest absolute Gasteiger partial charge is 0.234 e. The van der Waals surface area contributed by atoms with Crippen LogP contribution in [0.5, 0.6) is 0 Å². The maximum Gasteiger partial charge on any atom is 0.234 e. The van der Waals surface area contributed by atoms with Crippen LogP contribution in [0.3, 0.4) is 0 Å². The Kier molecular flexibility index (Phi) is 9.34. The Bertz CT molecular complexity index is 1550. The molecule has 1 aromatic carbocycles. The number of hydrogen-bond donors (Lipinski definition) is 4. The Morgan fingerprint density at radius 1 is 1.07 bits per heavy atom. The molecule has 1 unspecified atom stereocenters. The van der Waals surface area contributed by atoms with Gasteiger partial charge in [-0.15, -0.1) is 0 Å². The molecule has 2 amide bonds. The van der Waals surface area contributed by atoms with Crippen LogP contribution in [0.4, 0.5) is 23.1 Å². The highest BCUT2D eigenvalue weighted by molar-refractivity contribution is 7.99. The number of hydrogen-bond acceptors (Lipinski definition) is 11. The van der Waals surface area contributed by atoms with Gasteiger partial charge < -0.3 is 26.6 Å². The van der Waals surface area contributed by atoms with Crippen LogP contribution in [0, 0.1) is 5.92 Å².